The first-order valence-electron chi connectivity index (χ1n) is 5.86. The topological polar surface area (TPSA) is 9.23 Å². The average Bonchev–Trinajstić information content (AvgIpc) is 2.35. The van der Waals surface area contributed by atoms with Gasteiger partial charge in [-0.25, -0.2) is 4.39 Å². The van der Waals surface area contributed by atoms with E-state index >= 15 is 0 Å². The molecule has 0 aliphatic heterocycles. The van der Waals surface area contributed by atoms with Crippen molar-refractivity contribution in [2.75, 3.05) is 7.11 Å². The summed E-state index contributed by atoms with van der Waals surface area (Å²) in [6, 6.07) is 13.0. The Bertz CT molecular complexity index is 506. The van der Waals surface area contributed by atoms with Crippen LogP contribution >= 0.6 is 0 Å². The molecular weight excluding hydrogens is 227 g/mol. The number of halogens is 1. The molecule has 0 atom stereocenters. The number of methoxy groups -OCH3 is 1. The van der Waals surface area contributed by atoms with E-state index in [1.165, 1.54) is 11.6 Å². The molecule has 0 aromatic heterocycles. The van der Waals surface area contributed by atoms with E-state index in [9.17, 15) is 4.39 Å². The summed E-state index contributed by atoms with van der Waals surface area (Å²) >= 11 is 0. The Hall–Kier alpha value is -1.83. The highest BCUT2D eigenvalue weighted by Gasteiger charge is 1.93. The molecule has 0 fully saturated rings. The molecule has 0 N–H and O–H groups in total. The maximum Gasteiger partial charge on any atom is 0.126 e. The number of benzene rings is 2. The Morgan fingerprint density at radius 3 is 2.00 bits per heavy atom. The maximum atomic E-state index is 12.5. The van der Waals surface area contributed by atoms with Gasteiger partial charge < -0.3 is 4.74 Å². The number of aryl methyl sites for hydroxylation is 3. The predicted molar refractivity (Wildman–Crippen MR) is 73.6 cm³/mol. The van der Waals surface area contributed by atoms with Crippen molar-refractivity contribution in [2.45, 2.75) is 20.8 Å². The van der Waals surface area contributed by atoms with Crippen LogP contribution in [0.3, 0.4) is 0 Å². The summed E-state index contributed by atoms with van der Waals surface area (Å²) in [5, 5.41) is 0. The molecular formula is C16H19FO. The van der Waals surface area contributed by atoms with Crippen LogP contribution in [0.15, 0.2) is 42.5 Å². The third-order valence-corrected chi connectivity index (χ3v) is 2.54. The van der Waals surface area contributed by atoms with Gasteiger partial charge >= 0.3 is 0 Å². The summed E-state index contributed by atoms with van der Waals surface area (Å²) in [6.07, 6.45) is 0. The summed E-state index contributed by atoms with van der Waals surface area (Å²) < 4.78 is 17.5. The lowest BCUT2D eigenvalue weighted by Gasteiger charge is -1.97. The van der Waals surface area contributed by atoms with Crippen LogP contribution in [0.1, 0.15) is 16.7 Å². The van der Waals surface area contributed by atoms with Crippen LogP contribution in [0.5, 0.6) is 5.75 Å². The lowest BCUT2D eigenvalue weighted by atomic mass is 10.1. The molecule has 0 spiro atoms. The van der Waals surface area contributed by atoms with Crippen molar-refractivity contribution in [1.82, 2.24) is 0 Å². The minimum Gasteiger partial charge on any atom is -0.497 e. The highest BCUT2D eigenvalue weighted by atomic mass is 19.1. The van der Waals surface area contributed by atoms with E-state index in [4.69, 9.17) is 4.74 Å². The van der Waals surface area contributed by atoms with Gasteiger partial charge in [-0.3, -0.25) is 0 Å². The molecule has 2 heteroatoms. The fraction of sp³-hybridized carbons (Fsp3) is 0.250. The molecule has 0 bridgehead atoms. The first-order valence-corrected chi connectivity index (χ1v) is 5.86. The predicted octanol–water partition coefficient (Wildman–Crippen LogP) is 4.45. The van der Waals surface area contributed by atoms with E-state index in [0.29, 0.717) is 0 Å². The van der Waals surface area contributed by atoms with E-state index < -0.39 is 0 Å². The van der Waals surface area contributed by atoms with Gasteiger partial charge in [0, 0.05) is 0 Å². The van der Waals surface area contributed by atoms with Crippen molar-refractivity contribution in [3.63, 3.8) is 0 Å². The third kappa shape index (κ3) is 4.58. The fourth-order valence-corrected chi connectivity index (χ4v) is 1.54. The van der Waals surface area contributed by atoms with Gasteiger partial charge in [-0.05, 0) is 50.1 Å². The molecule has 0 heterocycles. The molecule has 1 nitrogen and oxygen atoms in total. The summed E-state index contributed by atoms with van der Waals surface area (Å²) in [4.78, 5) is 0. The largest absolute Gasteiger partial charge is 0.497 e. The first-order chi connectivity index (χ1) is 8.52. The van der Waals surface area contributed by atoms with E-state index in [-0.39, 0.29) is 5.82 Å². The molecule has 2 rings (SSSR count). The molecule has 2 aromatic carbocycles. The van der Waals surface area contributed by atoms with Gasteiger partial charge in [0.1, 0.15) is 11.6 Å². The quantitative estimate of drug-likeness (QED) is 0.722. The van der Waals surface area contributed by atoms with Crippen LogP contribution < -0.4 is 4.74 Å². The van der Waals surface area contributed by atoms with Gasteiger partial charge in [-0.15, -0.1) is 0 Å². The van der Waals surface area contributed by atoms with Crippen LogP contribution in [0.25, 0.3) is 0 Å². The Labute approximate surface area is 108 Å². The number of hydrogen-bond donors (Lipinski definition) is 0. The molecule has 0 amide bonds. The van der Waals surface area contributed by atoms with Gasteiger partial charge in [-0.2, -0.15) is 0 Å². The molecule has 0 saturated carbocycles. The zero-order valence-electron chi connectivity index (χ0n) is 11.3. The van der Waals surface area contributed by atoms with Crippen LogP contribution in [-0.4, -0.2) is 7.11 Å². The van der Waals surface area contributed by atoms with E-state index in [1.807, 2.05) is 44.2 Å². The Morgan fingerprint density at radius 1 is 0.889 bits per heavy atom. The average molecular weight is 246 g/mol. The molecule has 2 aromatic rings. The molecule has 0 saturated heterocycles. The molecule has 18 heavy (non-hydrogen) atoms. The smallest absolute Gasteiger partial charge is 0.126 e. The van der Waals surface area contributed by atoms with Crippen molar-refractivity contribution in [1.29, 1.82) is 0 Å². The third-order valence-electron chi connectivity index (χ3n) is 2.54. The highest BCUT2D eigenvalue weighted by molar-refractivity contribution is 5.27. The minimum absolute atomic E-state index is 0.124. The summed E-state index contributed by atoms with van der Waals surface area (Å²) in [6.45, 7) is 5.76. The Balaban J connectivity index is 0.000000180. The standard InChI is InChI=1S/C8H9F.C8H10O/c1-6-3-4-8(9)7(2)5-6;1-7-4-3-5-8(6-7)9-2/h3-5H,1-2H3;3-6H,1-2H3. The Kier molecular flexibility index (Phi) is 5.37. The minimum atomic E-state index is -0.124. The SMILES string of the molecule is COc1cccc(C)c1.Cc1ccc(F)c(C)c1. The second kappa shape index (κ2) is 6.80. The number of rotatable bonds is 1. The Morgan fingerprint density at radius 2 is 1.56 bits per heavy atom. The lowest BCUT2D eigenvalue weighted by molar-refractivity contribution is 0.414. The monoisotopic (exact) mass is 246 g/mol. The van der Waals surface area contributed by atoms with Crippen LogP contribution in [-0.2, 0) is 0 Å². The van der Waals surface area contributed by atoms with E-state index in [2.05, 4.69) is 0 Å². The van der Waals surface area contributed by atoms with Crippen molar-refractivity contribution >= 4 is 0 Å². The first kappa shape index (κ1) is 14.2. The van der Waals surface area contributed by atoms with E-state index in [0.717, 1.165) is 16.9 Å². The van der Waals surface area contributed by atoms with Crippen molar-refractivity contribution in [3.05, 3.63) is 65.0 Å². The van der Waals surface area contributed by atoms with Gasteiger partial charge in [0.05, 0.1) is 7.11 Å². The molecule has 0 radical (unpaired) electrons. The number of hydrogen-bond acceptors (Lipinski definition) is 1. The van der Waals surface area contributed by atoms with Gasteiger partial charge in [-0.1, -0.05) is 29.8 Å². The molecule has 0 aliphatic carbocycles. The zero-order chi connectivity index (χ0) is 13.5. The fourth-order valence-electron chi connectivity index (χ4n) is 1.54. The highest BCUT2D eigenvalue weighted by Crippen LogP contribution is 2.10. The lowest BCUT2D eigenvalue weighted by Crippen LogP contribution is -1.81. The van der Waals surface area contributed by atoms with Gasteiger partial charge in [0.15, 0.2) is 0 Å². The van der Waals surface area contributed by atoms with E-state index in [1.54, 1.807) is 20.1 Å². The molecule has 96 valence electrons. The normalized spacial score (nSPS) is 9.39. The second-order valence-electron chi connectivity index (χ2n) is 4.27. The van der Waals surface area contributed by atoms with Gasteiger partial charge in [0.25, 0.3) is 0 Å². The van der Waals surface area contributed by atoms with Gasteiger partial charge in [0.2, 0.25) is 0 Å². The number of ether oxygens (including phenoxy) is 1. The molecule has 0 unspecified atom stereocenters. The van der Waals surface area contributed by atoms with Crippen LogP contribution in [0, 0.1) is 26.6 Å². The molecule has 0 aliphatic rings. The summed E-state index contributed by atoms with van der Waals surface area (Å²) in [5.41, 5.74) is 3.05. The van der Waals surface area contributed by atoms with Crippen LogP contribution in [0.2, 0.25) is 0 Å². The van der Waals surface area contributed by atoms with Crippen molar-refractivity contribution in [2.24, 2.45) is 0 Å². The summed E-state index contributed by atoms with van der Waals surface area (Å²) in [5.74, 6) is 0.801. The summed E-state index contributed by atoms with van der Waals surface area (Å²) in [7, 11) is 1.68. The maximum absolute atomic E-state index is 12.5. The second-order valence-corrected chi connectivity index (χ2v) is 4.27. The zero-order valence-corrected chi connectivity index (χ0v) is 11.3. The van der Waals surface area contributed by atoms with Crippen molar-refractivity contribution < 1.29 is 9.13 Å². The van der Waals surface area contributed by atoms with Crippen LogP contribution in [0.4, 0.5) is 4.39 Å². The van der Waals surface area contributed by atoms with Crippen molar-refractivity contribution in [3.8, 4) is 5.75 Å².